The molecule has 2 unspecified atom stereocenters. The summed E-state index contributed by atoms with van der Waals surface area (Å²) in [7, 11) is 4.04. The number of nitrogens with zero attached hydrogens (tertiary/aromatic N) is 4. The van der Waals surface area contributed by atoms with E-state index in [1.165, 1.54) is 5.56 Å². The van der Waals surface area contributed by atoms with E-state index < -0.39 is 0 Å². The quantitative estimate of drug-likeness (QED) is 0.605. The number of fused-ring (bicyclic) bond motifs is 1. The Hall–Kier alpha value is -1.63. The summed E-state index contributed by atoms with van der Waals surface area (Å²) in [6, 6.07) is 11.7. The normalized spacial score (nSPS) is 23.9. The first kappa shape index (κ1) is 20.1. The van der Waals surface area contributed by atoms with E-state index in [0.717, 1.165) is 51.8 Å². The van der Waals surface area contributed by atoms with Crippen molar-refractivity contribution in [1.82, 2.24) is 20.0 Å². The molecule has 2 fully saturated rings. The summed E-state index contributed by atoms with van der Waals surface area (Å²) in [5.41, 5.74) is 1.37. The minimum absolute atomic E-state index is 0.263. The number of nitrogens with one attached hydrogen (secondary N) is 1. The van der Waals surface area contributed by atoms with Crippen molar-refractivity contribution in [3.8, 4) is 0 Å². The van der Waals surface area contributed by atoms with Crippen LogP contribution in [0.1, 0.15) is 19.4 Å². The third kappa shape index (κ3) is 5.21. The molecule has 0 radical (unpaired) electrons. The molecule has 0 aromatic heterocycles. The molecule has 2 aliphatic rings. The van der Waals surface area contributed by atoms with Crippen molar-refractivity contribution in [2.75, 3.05) is 53.4 Å². The van der Waals surface area contributed by atoms with Crippen molar-refractivity contribution >= 4 is 5.96 Å². The number of likely N-dealkylation sites (N-methyl/N-ethyl adjacent to an activating group) is 1. The van der Waals surface area contributed by atoms with Gasteiger partial charge < -0.3 is 19.9 Å². The number of aliphatic imine (C=N–C) groups is 1. The number of hydrogen-bond donors (Lipinski definition) is 1. The molecule has 6 nitrogen and oxygen atoms in total. The molecule has 2 aliphatic heterocycles. The maximum atomic E-state index is 6.09. The maximum absolute atomic E-state index is 6.09. The smallest absolute Gasteiger partial charge is 0.193 e. The van der Waals surface area contributed by atoms with Gasteiger partial charge in [0.05, 0.1) is 18.8 Å². The predicted octanol–water partition coefficient (Wildman–Crippen LogP) is 1.49. The topological polar surface area (TPSA) is 43.3 Å². The molecule has 2 heterocycles. The Bertz CT molecular complexity index is 606. The Labute approximate surface area is 164 Å². The molecule has 2 atom stereocenters. The average molecular weight is 374 g/mol. The third-order valence-corrected chi connectivity index (χ3v) is 5.79. The fourth-order valence-electron chi connectivity index (χ4n) is 3.88. The van der Waals surface area contributed by atoms with Gasteiger partial charge in [-0.1, -0.05) is 30.3 Å². The molecule has 3 rings (SSSR count). The highest BCUT2D eigenvalue weighted by atomic mass is 16.5. The van der Waals surface area contributed by atoms with Gasteiger partial charge in [-0.15, -0.1) is 0 Å². The lowest BCUT2D eigenvalue weighted by Gasteiger charge is -2.36. The van der Waals surface area contributed by atoms with Crippen LogP contribution < -0.4 is 5.32 Å². The standard InChI is InChI=1S/C21H35N5O/c1-17(2)24(4)11-10-23-21(22-3)26-15-19-20(16-26)27-13-12-25(19)14-18-8-6-5-7-9-18/h5-9,17,19-20H,10-16H2,1-4H3,(H,22,23). The molecule has 1 aromatic carbocycles. The highest BCUT2D eigenvalue weighted by Gasteiger charge is 2.41. The van der Waals surface area contributed by atoms with Crippen LogP contribution in [0.3, 0.4) is 0 Å². The summed E-state index contributed by atoms with van der Waals surface area (Å²) in [5, 5.41) is 3.53. The van der Waals surface area contributed by atoms with Gasteiger partial charge in [0, 0.05) is 52.4 Å². The number of benzene rings is 1. The van der Waals surface area contributed by atoms with E-state index in [4.69, 9.17) is 4.74 Å². The molecule has 1 aromatic rings. The van der Waals surface area contributed by atoms with Crippen LogP contribution in [0.4, 0.5) is 0 Å². The molecule has 150 valence electrons. The molecular formula is C21H35N5O. The summed E-state index contributed by atoms with van der Waals surface area (Å²) in [4.78, 5) is 11.8. The van der Waals surface area contributed by atoms with Crippen LogP contribution in [0, 0.1) is 0 Å². The molecule has 2 saturated heterocycles. The van der Waals surface area contributed by atoms with Gasteiger partial charge in [-0.25, -0.2) is 0 Å². The Kier molecular flexibility index (Phi) is 7.10. The number of ether oxygens (including phenoxy) is 1. The fourth-order valence-corrected chi connectivity index (χ4v) is 3.88. The highest BCUT2D eigenvalue weighted by molar-refractivity contribution is 5.80. The van der Waals surface area contributed by atoms with Gasteiger partial charge in [0.25, 0.3) is 0 Å². The van der Waals surface area contributed by atoms with Crippen LogP contribution in [0.15, 0.2) is 35.3 Å². The summed E-state index contributed by atoms with van der Waals surface area (Å²) in [6.45, 7) is 11.0. The van der Waals surface area contributed by atoms with Gasteiger partial charge in [0.1, 0.15) is 0 Å². The van der Waals surface area contributed by atoms with Crippen molar-refractivity contribution < 1.29 is 4.74 Å². The second kappa shape index (κ2) is 9.53. The molecule has 0 amide bonds. The van der Waals surface area contributed by atoms with Crippen molar-refractivity contribution in [2.24, 2.45) is 4.99 Å². The van der Waals surface area contributed by atoms with Crippen LogP contribution in [0.25, 0.3) is 0 Å². The lowest BCUT2D eigenvalue weighted by molar-refractivity contribution is -0.0502. The van der Waals surface area contributed by atoms with Crippen LogP contribution in [0.5, 0.6) is 0 Å². The SMILES string of the molecule is CN=C(NCCN(C)C(C)C)N1CC2OCCN(Cc3ccccc3)C2C1. The molecule has 0 spiro atoms. The van der Waals surface area contributed by atoms with E-state index >= 15 is 0 Å². The van der Waals surface area contributed by atoms with E-state index in [-0.39, 0.29) is 6.10 Å². The van der Waals surface area contributed by atoms with E-state index in [1.807, 2.05) is 7.05 Å². The zero-order chi connectivity index (χ0) is 19.2. The van der Waals surface area contributed by atoms with Crippen molar-refractivity contribution in [3.05, 3.63) is 35.9 Å². The molecule has 0 bridgehead atoms. The molecule has 0 saturated carbocycles. The van der Waals surface area contributed by atoms with Gasteiger partial charge in [0.15, 0.2) is 5.96 Å². The summed E-state index contributed by atoms with van der Waals surface area (Å²) < 4.78 is 6.09. The first-order valence-electron chi connectivity index (χ1n) is 10.1. The van der Waals surface area contributed by atoms with Crippen LogP contribution in [0.2, 0.25) is 0 Å². The monoisotopic (exact) mass is 373 g/mol. The molecule has 6 heteroatoms. The van der Waals surface area contributed by atoms with Crippen LogP contribution in [-0.4, -0.2) is 92.3 Å². The second-order valence-corrected chi connectivity index (χ2v) is 7.89. The number of likely N-dealkylation sites (tertiary alicyclic amines) is 1. The van der Waals surface area contributed by atoms with E-state index in [2.05, 4.69) is 76.2 Å². The lowest BCUT2D eigenvalue weighted by Crippen LogP contribution is -2.50. The average Bonchev–Trinajstić information content (AvgIpc) is 3.11. The first-order chi connectivity index (χ1) is 13.1. The summed E-state index contributed by atoms with van der Waals surface area (Å²) in [5.74, 6) is 0.991. The molecular weight excluding hydrogens is 338 g/mol. The van der Waals surface area contributed by atoms with E-state index in [0.29, 0.717) is 12.1 Å². The zero-order valence-electron chi connectivity index (χ0n) is 17.3. The second-order valence-electron chi connectivity index (χ2n) is 7.89. The molecule has 0 aliphatic carbocycles. The number of guanidine groups is 1. The van der Waals surface area contributed by atoms with Crippen molar-refractivity contribution in [3.63, 3.8) is 0 Å². The zero-order valence-corrected chi connectivity index (χ0v) is 17.3. The first-order valence-corrected chi connectivity index (χ1v) is 10.1. The van der Waals surface area contributed by atoms with Crippen LogP contribution in [-0.2, 0) is 11.3 Å². The Morgan fingerprint density at radius 2 is 2.07 bits per heavy atom. The number of hydrogen-bond acceptors (Lipinski definition) is 4. The predicted molar refractivity (Wildman–Crippen MR) is 111 cm³/mol. The maximum Gasteiger partial charge on any atom is 0.193 e. The third-order valence-electron chi connectivity index (χ3n) is 5.79. The lowest BCUT2D eigenvalue weighted by atomic mass is 10.1. The number of morpholine rings is 1. The Morgan fingerprint density at radius 1 is 1.30 bits per heavy atom. The fraction of sp³-hybridized carbons (Fsp3) is 0.667. The summed E-state index contributed by atoms with van der Waals surface area (Å²) >= 11 is 0. The Balaban J connectivity index is 1.56. The van der Waals surface area contributed by atoms with E-state index in [9.17, 15) is 0 Å². The summed E-state index contributed by atoms with van der Waals surface area (Å²) in [6.07, 6.45) is 0.263. The minimum Gasteiger partial charge on any atom is -0.373 e. The van der Waals surface area contributed by atoms with Crippen LogP contribution >= 0.6 is 0 Å². The van der Waals surface area contributed by atoms with Crippen molar-refractivity contribution in [2.45, 2.75) is 38.6 Å². The van der Waals surface area contributed by atoms with Gasteiger partial charge in [0.2, 0.25) is 0 Å². The molecule has 27 heavy (non-hydrogen) atoms. The molecule has 1 N–H and O–H groups in total. The van der Waals surface area contributed by atoms with E-state index in [1.54, 1.807) is 0 Å². The van der Waals surface area contributed by atoms with Gasteiger partial charge in [-0.2, -0.15) is 0 Å². The number of rotatable bonds is 6. The Morgan fingerprint density at radius 3 is 2.78 bits per heavy atom. The van der Waals surface area contributed by atoms with Gasteiger partial charge in [-0.05, 0) is 26.5 Å². The largest absolute Gasteiger partial charge is 0.373 e. The van der Waals surface area contributed by atoms with Crippen molar-refractivity contribution in [1.29, 1.82) is 0 Å². The van der Waals surface area contributed by atoms with Gasteiger partial charge >= 0.3 is 0 Å². The van der Waals surface area contributed by atoms with Gasteiger partial charge in [-0.3, -0.25) is 9.89 Å². The highest BCUT2D eigenvalue weighted by Crippen LogP contribution is 2.24. The minimum atomic E-state index is 0.263.